The molecule has 19 heavy (non-hydrogen) atoms. The number of nitrogens with zero attached hydrogens (tertiary/aromatic N) is 1. The van der Waals surface area contributed by atoms with E-state index in [4.69, 9.17) is 9.52 Å². The summed E-state index contributed by atoms with van der Waals surface area (Å²) >= 11 is 0. The minimum atomic E-state index is -0.998. The Balaban J connectivity index is 1.84. The second kappa shape index (κ2) is 5.75. The quantitative estimate of drug-likeness (QED) is 0.843. The molecule has 0 spiro atoms. The van der Waals surface area contributed by atoms with Crippen LogP contribution < -0.4 is 5.32 Å². The number of methoxy groups -OCH3 is 1. The lowest BCUT2D eigenvalue weighted by molar-refractivity contribution is 0.0696. The highest BCUT2D eigenvalue weighted by Gasteiger charge is 2.25. The number of aromatic carboxylic acids is 1. The molecule has 0 bridgehead atoms. The van der Waals surface area contributed by atoms with Gasteiger partial charge >= 0.3 is 12.1 Å². The van der Waals surface area contributed by atoms with Crippen LogP contribution in [-0.2, 0) is 11.3 Å². The van der Waals surface area contributed by atoms with Gasteiger partial charge in [0.25, 0.3) is 0 Å². The van der Waals surface area contributed by atoms with Gasteiger partial charge in [-0.3, -0.25) is 4.90 Å². The van der Waals surface area contributed by atoms with Gasteiger partial charge in [0.2, 0.25) is 0 Å². The van der Waals surface area contributed by atoms with Gasteiger partial charge in [-0.25, -0.2) is 9.59 Å². The van der Waals surface area contributed by atoms with E-state index in [0.29, 0.717) is 18.8 Å². The topological polar surface area (TPSA) is 92.0 Å². The molecular formula is C12H16N2O5. The summed E-state index contributed by atoms with van der Waals surface area (Å²) in [5.74, 6) is -0.391. The van der Waals surface area contributed by atoms with Gasteiger partial charge in [0.15, 0.2) is 0 Å². The number of hydrogen-bond acceptors (Lipinski definition) is 5. The molecule has 0 saturated carbocycles. The van der Waals surface area contributed by atoms with Gasteiger partial charge in [0.05, 0.1) is 19.2 Å². The van der Waals surface area contributed by atoms with Gasteiger partial charge in [-0.05, 0) is 12.5 Å². The van der Waals surface area contributed by atoms with E-state index in [1.807, 2.05) is 0 Å². The molecule has 2 heterocycles. The maximum atomic E-state index is 11.1. The zero-order valence-corrected chi connectivity index (χ0v) is 10.6. The zero-order valence-electron chi connectivity index (χ0n) is 10.6. The number of carboxylic acid groups (broad SMARTS) is 1. The first-order chi connectivity index (χ1) is 9.08. The number of furan rings is 1. The van der Waals surface area contributed by atoms with Crippen LogP contribution in [0.1, 0.15) is 22.5 Å². The summed E-state index contributed by atoms with van der Waals surface area (Å²) in [7, 11) is 1.33. The first kappa shape index (κ1) is 13.4. The Bertz CT molecular complexity index is 470. The van der Waals surface area contributed by atoms with Crippen LogP contribution in [0.5, 0.6) is 0 Å². The van der Waals surface area contributed by atoms with Crippen LogP contribution in [0.4, 0.5) is 4.79 Å². The molecule has 0 radical (unpaired) electrons. The minimum absolute atomic E-state index is 0.0568. The molecule has 0 aromatic carbocycles. The number of amides is 1. The maximum Gasteiger partial charge on any atom is 0.407 e. The van der Waals surface area contributed by atoms with E-state index in [1.54, 1.807) is 0 Å². The lowest BCUT2D eigenvalue weighted by atomic mass is 10.3. The minimum Gasteiger partial charge on any atom is -0.478 e. The van der Waals surface area contributed by atoms with Gasteiger partial charge in [-0.15, -0.1) is 0 Å². The molecule has 7 heteroatoms. The zero-order chi connectivity index (χ0) is 13.8. The molecule has 7 nitrogen and oxygen atoms in total. The van der Waals surface area contributed by atoms with Crippen molar-refractivity contribution in [1.82, 2.24) is 10.2 Å². The number of carboxylic acids is 1. The Labute approximate surface area is 110 Å². The molecule has 1 aliphatic heterocycles. The number of carbonyl (C=O) groups excluding carboxylic acids is 1. The molecule has 1 aromatic rings. The number of carbonyl (C=O) groups is 2. The number of likely N-dealkylation sites (tertiary alicyclic amines) is 1. The van der Waals surface area contributed by atoms with Crippen LogP contribution in [-0.4, -0.2) is 48.3 Å². The van der Waals surface area contributed by atoms with Crippen molar-refractivity contribution < 1.29 is 23.8 Å². The van der Waals surface area contributed by atoms with Crippen LogP contribution in [0.15, 0.2) is 16.7 Å². The fraction of sp³-hybridized carbons (Fsp3) is 0.500. The van der Waals surface area contributed by atoms with E-state index in [2.05, 4.69) is 15.0 Å². The highest BCUT2D eigenvalue weighted by molar-refractivity contribution is 5.87. The molecule has 104 valence electrons. The van der Waals surface area contributed by atoms with Gasteiger partial charge < -0.3 is 19.6 Å². The Morgan fingerprint density at radius 1 is 1.63 bits per heavy atom. The van der Waals surface area contributed by atoms with E-state index < -0.39 is 12.1 Å². The van der Waals surface area contributed by atoms with Gasteiger partial charge in [0.1, 0.15) is 12.0 Å². The standard InChI is InChI=1S/C12H16N2O5/c1-18-12(17)13-9-2-3-14(5-9)6-10-4-8(7-19-10)11(15)16/h4,7,9H,2-3,5-6H2,1H3,(H,13,17)(H,15,16). The lowest BCUT2D eigenvalue weighted by Crippen LogP contribution is -2.36. The fourth-order valence-electron chi connectivity index (χ4n) is 2.12. The molecule has 1 unspecified atom stereocenters. The molecule has 1 aliphatic rings. The summed E-state index contributed by atoms with van der Waals surface area (Å²) in [4.78, 5) is 23.9. The van der Waals surface area contributed by atoms with Crippen molar-refractivity contribution in [3.63, 3.8) is 0 Å². The third-order valence-electron chi connectivity index (χ3n) is 3.06. The molecule has 1 aromatic heterocycles. The largest absolute Gasteiger partial charge is 0.478 e. The Morgan fingerprint density at radius 2 is 2.42 bits per heavy atom. The number of nitrogens with one attached hydrogen (secondary N) is 1. The number of rotatable bonds is 4. The lowest BCUT2D eigenvalue weighted by Gasteiger charge is -2.14. The second-order valence-electron chi connectivity index (χ2n) is 4.46. The summed E-state index contributed by atoms with van der Waals surface area (Å²) in [6, 6.07) is 1.57. The van der Waals surface area contributed by atoms with Crippen molar-refractivity contribution in [1.29, 1.82) is 0 Å². The summed E-state index contributed by atoms with van der Waals surface area (Å²) < 4.78 is 9.73. The van der Waals surface area contributed by atoms with E-state index in [1.165, 1.54) is 19.4 Å². The summed E-state index contributed by atoms with van der Waals surface area (Å²) in [5.41, 5.74) is 0.151. The van der Waals surface area contributed by atoms with E-state index >= 15 is 0 Å². The average Bonchev–Trinajstić information content (AvgIpc) is 2.99. The summed E-state index contributed by atoms with van der Waals surface area (Å²) in [6.45, 7) is 2.04. The molecule has 0 aliphatic carbocycles. The van der Waals surface area contributed by atoms with E-state index in [-0.39, 0.29) is 11.6 Å². The first-order valence-electron chi connectivity index (χ1n) is 5.96. The molecule has 1 amide bonds. The average molecular weight is 268 g/mol. The summed E-state index contributed by atoms with van der Waals surface area (Å²) in [5, 5.41) is 11.5. The van der Waals surface area contributed by atoms with Crippen molar-refractivity contribution >= 4 is 12.1 Å². The normalized spacial score (nSPS) is 19.3. The molecule has 2 N–H and O–H groups in total. The van der Waals surface area contributed by atoms with Crippen LogP contribution >= 0.6 is 0 Å². The van der Waals surface area contributed by atoms with Gasteiger partial charge in [-0.2, -0.15) is 0 Å². The van der Waals surface area contributed by atoms with Crippen molar-refractivity contribution in [3.8, 4) is 0 Å². The number of hydrogen-bond donors (Lipinski definition) is 2. The molecule has 1 saturated heterocycles. The maximum absolute atomic E-state index is 11.1. The molecular weight excluding hydrogens is 252 g/mol. The Morgan fingerprint density at radius 3 is 3.05 bits per heavy atom. The van der Waals surface area contributed by atoms with Gasteiger partial charge in [-0.1, -0.05) is 0 Å². The van der Waals surface area contributed by atoms with E-state index in [9.17, 15) is 9.59 Å². The van der Waals surface area contributed by atoms with Crippen LogP contribution in [0.25, 0.3) is 0 Å². The van der Waals surface area contributed by atoms with Crippen LogP contribution in [0, 0.1) is 0 Å². The highest BCUT2D eigenvalue weighted by Crippen LogP contribution is 2.15. The number of ether oxygens (including phenoxy) is 1. The predicted octanol–water partition coefficient (Wildman–Crippen LogP) is 0.908. The van der Waals surface area contributed by atoms with Gasteiger partial charge in [0, 0.05) is 19.1 Å². The van der Waals surface area contributed by atoms with E-state index in [0.717, 1.165) is 13.0 Å². The third-order valence-corrected chi connectivity index (χ3v) is 3.06. The smallest absolute Gasteiger partial charge is 0.407 e. The third kappa shape index (κ3) is 3.47. The van der Waals surface area contributed by atoms with Crippen molar-refractivity contribution in [2.45, 2.75) is 19.0 Å². The Hall–Kier alpha value is -2.02. The van der Waals surface area contributed by atoms with Crippen molar-refractivity contribution in [2.24, 2.45) is 0 Å². The molecule has 1 fully saturated rings. The Kier molecular flexibility index (Phi) is 4.06. The predicted molar refractivity (Wildman–Crippen MR) is 64.9 cm³/mol. The monoisotopic (exact) mass is 268 g/mol. The first-order valence-corrected chi connectivity index (χ1v) is 5.96. The SMILES string of the molecule is COC(=O)NC1CCN(Cc2cc(C(=O)O)co2)C1. The summed E-state index contributed by atoms with van der Waals surface area (Å²) in [6.07, 6.45) is 1.64. The van der Waals surface area contributed by atoms with Crippen LogP contribution in [0.3, 0.4) is 0 Å². The van der Waals surface area contributed by atoms with Crippen molar-refractivity contribution in [2.75, 3.05) is 20.2 Å². The fourth-order valence-corrected chi connectivity index (χ4v) is 2.12. The second-order valence-corrected chi connectivity index (χ2v) is 4.46. The highest BCUT2D eigenvalue weighted by atomic mass is 16.5. The number of alkyl carbamates (subject to hydrolysis) is 1. The molecule has 1 atom stereocenters. The van der Waals surface area contributed by atoms with Crippen LogP contribution in [0.2, 0.25) is 0 Å². The van der Waals surface area contributed by atoms with Crippen molar-refractivity contribution in [3.05, 3.63) is 23.7 Å². The molecule has 2 rings (SSSR count).